The number of anilines is 3. The number of ether oxygens (including phenoxy) is 1. The molecule has 3 heterocycles. The molecular formula is C35H32ClF3N6O4S. The maximum Gasteiger partial charge on any atom is 0.573 e. The number of amidine groups is 1. The molecule has 10 nitrogen and oxygen atoms in total. The Bertz CT molecular complexity index is 2080. The second-order valence-electron chi connectivity index (χ2n) is 12.2. The van der Waals surface area contributed by atoms with Crippen LogP contribution in [0, 0.1) is 13.8 Å². The molecule has 1 aromatic heterocycles. The van der Waals surface area contributed by atoms with Gasteiger partial charge in [-0.2, -0.15) is 10.1 Å². The molecule has 0 aliphatic carbocycles. The van der Waals surface area contributed by atoms with Crippen LogP contribution >= 0.6 is 23.4 Å². The minimum atomic E-state index is -4.83. The lowest BCUT2D eigenvalue weighted by molar-refractivity contribution is -0.274. The van der Waals surface area contributed by atoms with Crippen molar-refractivity contribution in [2.45, 2.75) is 46.4 Å². The minimum Gasteiger partial charge on any atom is -0.406 e. The first kappa shape index (κ1) is 35.0. The van der Waals surface area contributed by atoms with Crippen molar-refractivity contribution in [3.8, 4) is 17.0 Å². The van der Waals surface area contributed by atoms with Gasteiger partial charge in [0, 0.05) is 30.3 Å². The third-order valence-corrected chi connectivity index (χ3v) is 9.63. The van der Waals surface area contributed by atoms with E-state index in [9.17, 15) is 27.6 Å². The van der Waals surface area contributed by atoms with Crippen molar-refractivity contribution in [2.24, 2.45) is 12.0 Å². The number of aliphatic imine (C=N–C) groups is 1. The van der Waals surface area contributed by atoms with Crippen molar-refractivity contribution in [1.82, 2.24) is 9.78 Å². The van der Waals surface area contributed by atoms with E-state index in [1.165, 1.54) is 28.8 Å². The van der Waals surface area contributed by atoms with Crippen LogP contribution in [-0.2, 0) is 18.3 Å². The number of alkyl halides is 3. The minimum absolute atomic E-state index is 0.144. The standard InChI is InChI=1S/C35H32ClF3N6O4S/c1-18(2)24-9-6-19(3)14-28(24)45-29(46)17-50-34(45)41-33(48)40-27-11-7-22(16-26(27)36)30-20(4)31(43(5)42-30)44-13-12-21-15-23(49-35(37,38)39)8-10-25(21)32(44)47/h6-11,14-16,18H,12-13,17H2,1-5H3,(H,40,48). The Balaban J connectivity index is 1.21. The first-order chi connectivity index (χ1) is 23.6. The number of nitrogens with zero attached hydrogens (tertiary/aromatic N) is 5. The molecule has 4 aromatic rings. The van der Waals surface area contributed by atoms with Crippen molar-refractivity contribution in [3.05, 3.63) is 87.4 Å². The Labute approximate surface area is 295 Å². The molecule has 4 amide bonds. The van der Waals surface area contributed by atoms with Gasteiger partial charge in [0.15, 0.2) is 5.17 Å². The Morgan fingerprint density at radius 2 is 1.84 bits per heavy atom. The molecule has 0 atom stereocenters. The van der Waals surface area contributed by atoms with Gasteiger partial charge in [-0.3, -0.25) is 24.1 Å². The Kier molecular flexibility index (Phi) is 9.44. The summed E-state index contributed by atoms with van der Waals surface area (Å²) in [5, 5.41) is 7.84. The van der Waals surface area contributed by atoms with Gasteiger partial charge in [0.05, 0.1) is 27.8 Å². The smallest absolute Gasteiger partial charge is 0.406 e. The predicted molar refractivity (Wildman–Crippen MR) is 189 cm³/mol. The summed E-state index contributed by atoms with van der Waals surface area (Å²) in [5.74, 6) is -0.0852. The third-order valence-electron chi connectivity index (χ3n) is 8.39. The molecule has 2 aliphatic heterocycles. The Morgan fingerprint density at radius 3 is 2.54 bits per heavy atom. The molecule has 1 saturated heterocycles. The van der Waals surface area contributed by atoms with E-state index in [2.05, 4.69) is 20.1 Å². The number of carbonyl (C=O) groups excluding carboxylic acids is 3. The number of rotatable bonds is 6. The molecule has 0 saturated carbocycles. The summed E-state index contributed by atoms with van der Waals surface area (Å²) < 4.78 is 43.7. The number of hydrogen-bond donors (Lipinski definition) is 1. The van der Waals surface area contributed by atoms with Crippen molar-refractivity contribution in [2.75, 3.05) is 27.4 Å². The van der Waals surface area contributed by atoms with Gasteiger partial charge in [0.25, 0.3) is 5.91 Å². The number of aryl methyl sites for hydroxylation is 2. The summed E-state index contributed by atoms with van der Waals surface area (Å²) in [4.78, 5) is 46.8. The van der Waals surface area contributed by atoms with Gasteiger partial charge in [-0.1, -0.05) is 55.4 Å². The van der Waals surface area contributed by atoms with E-state index in [0.29, 0.717) is 46.0 Å². The monoisotopic (exact) mass is 724 g/mol. The average molecular weight is 725 g/mol. The predicted octanol–water partition coefficient (Wildman–Crippen LogP) is 8.25. The molecule has 0 bridgehead atoms. The summed E-state index contributed by atoms with van der Waals surface area (Å²) in [7, 11) is 1.69. The zero-order chi connectivity index (χ0) is 36.1. The van der Waals surface area contributed by atoms with Crippen molar-refractivity contribution >= 4 is 63.6 Å². The van der Waals surface area contributed by atoms with Gasteiger partial charge in [-0.15, -0.1) is 13.2 Å². The van der Waals surface area contributed by atoms with Gasteiger partial charge in [-0.25, -0.2) is 4.79 Å². The van der Waals surface area contributed by atoms with E-state index in [1.54, 1.807) is 34.8 Å². The van der Waals surface area contributed by atoms with Crippen LogP contribution in [-0.4, -0.2) is 51.5 Å². The third kappa shape index (κ3) is 6.94. The summed E-state index contributed by atoms with van der Waals surface area (Å²) in [6, 6.07) is 13.9. The second kappa shape index (κ2) is 13.5. The van der Waals surface area contributed by atoms with Crippen LogP contribution < -0.4 is 19.9 Å². The van der Waals surface area contributed by atoms with E-state index < -0.39 is 12.4 Å². The molecule has 0 spiro atoms. The number of urea groups is 1. The first-order valence-corrected chi connectivity index (χ1v) is 17.0. The molecule has 260 valence electrons. The molecule has 3 aromatic carbocycles. The number of hydrogen-bond acceptors (Lipinski definition) is 6. The van der Waals surface area contributed by atoms with E-state index in [4.69, 9.17) is 11.6 Å². The average Bonchev–Trinajstić information content (AvgIpc) is 3.54. The fourth-order valence-corrected chi connectivity index (χ4v) is 7.23. The van der Waals surface area contributed by atoms with Crippen LogP contribution in [0.1, 0.15) is 52.4 Å². The number of nitrogens with one attached hydrogen (secondary N) is 1. The topological polar surface area (TPSA) is 109 Å². The van der Waals surface area contributed by atoms with E-state index >= 15 is 0 Å². The lowest BCUT2D eigenvalue weighted by Crippen LogP contribution is -2.39. The molecule has 1 fully saturated rings. The normalized spacial score (nSPS) is 15.7. The zero-order valence-electron chi connectivity index (χ0n) is 27.7. The summed E-state index contributed by atoms with van der Waals surface area (Å²) in [6.45, 7) is 8.04. The van der Waals surface area contributed by atoms with Crippen LogP contribution in [0.25, 0.3) is 11.3 Å². The first-order valence-electron chi connectivity index (χ1n) is 15.6. The molecule has 1 N–H and O–H groups in total. The Hall–Kier alpha value is -4.82. The van der Waals surface area contributed by atoms with E-state index in [0.717, 1.165) is 17.2 Å². The fraction of sp³-hybridized carbons (Fsp3) is 0.286. The SMILES string of the molecule is Cc1ccc(C(C)C)c(N2C(=O)CSC2=NC(=O)Nc2ccc(-c3nn(C)c(N4CCc5cc(OC(F)(F)F)ccc5C4=O)c3C)cc2Cl)c1. The Morgan fingerprint density at radius 1 is 1.08 bits per heavy atom. The van der Waals surface area contributed by atoms with Crippen molar-refractivity contribution < 1.29 is 32.3 Å². The summed E-state index contributed by atoms with van der Waals surface area (Å²) >= 11 is 7.81. The van der Waals surface area contributed by atoms with Gasteiger partial charge in [0.1, 0.15) is 11.6 Å². The van der Waals surface area contributed by atoms with Crippen LogP contribution in [0.15, 0.2) is 59.6 Å². The number of benzene rings is 3. The van der Waals surface area contributed by atoms with Crippen molar-refractivity contribution in [1.29, 1.82) is 0 Å². The lowest BCUT2D eigenvalue weighted by Gasteiger charge is -2.29. The van der Waals surface area contributed by atoms with E-state index in [1.807, 2.05) is 45.9 Å². The molecule has 0 unspecified atom stereocenters. The lowest BCUT2D eigenvalue weighted by atomic mass is 9.98. The molecule has 0 radical (unpaired) electrons. The fourth-order valence-electron chi connectivity index (χ4n) is 6.15. The molecule has 2 aliphatic rings. The highest BCUT2D eigenvalue weighted by Crippen LogP contribution is 2.37. The maximum atomic E-state index is 13.5. The highest BCUT2D eigenvalue weighted by Gasteiger charge is 2.35. The number of carbonyl (C=O) groups is 3. The number of amides is 4. The van der Waals surface area contributed by atoms with Gasteiger partial charge in [0.2, 0.25) is 5.91 Å². The summed E-state index contributed by atoms with van der Waals surface area (Å²) in [5.41, 5.74) is 5.54. The van der Waals surface area contributed by atoms with Crippen molar-refractivity contribution in [3.63, 3.8) is 0 Å². The van der Waals surface area contributed by atoms with Gasteiger partial charge < -0.3 is 10.1 Å². The summed E-state index contributed by atoms with van der Waals surface area (Å²) in [6.07, 6.45) is -4.52. The number of thioether (sulfide) groups is 1. The van der Waals surface area contributed by atoms with Crippen LogP contribution in [0.4, 0.5) is 35.2 Å². The molecule has 15 heteroatoms. The zero-order valence-corrected chi connectivity index (χ0v) is 29.3. The van der Waals surface area contributed by atoms with Crippen LogP contribution in [0.3, 0.4) is 0 Å². The molecular weight excluding hydrogens is 693 g/mol. The van der Waals surface area contributed by atoms with Gasteiger partial charge in [-0.05, 0) is 79.3 Å². The largest absolute Gasteiger partial charge is 0.573 e. The molecule has 50 heavy (non-hydrogen) atoms. The van der Waals surface area contributed by atoms with E-state index in [-0.39, 0.29) is 51.5 Å². The van der Waals surface area contributed by atoms with Crippen LogP contribution in [0.2, 0.25) is 5.02 Å². The highest BCUT2D eigenvalue weighted by molar-refractivity contribution is 8.15. The maximum absolute atomic E-state index is 13.5. The quantitative estimate of drug-likeness (QED) is 0.215. The number of aromatic nitrogens is 2. The molecule has 6 rings (SSSR count). The van der Waals surface area contributed by atoms with Crippen LogP contribution in [0.5, 0.6) is 5.75 Å². The van der Waals surface area contributed by atoms with Gasteiger partial charge >= 0.3 is 12.4 Å². The number of halogens is 4. The second-order valence-corrected chi connectivity index (χ2v) is 13.6. The number of fused-ring (bicyclic) bond motifs is 1. The highest BCUT2D eigenvalue weighted by atomic mass is 35.5.